The lowest BCUT2D eigenvalue weighted by molar-refractivity contribution is 0.0254. The highest BCUT2D eigenvalue weighted by atomic mass is 32.2. The van der Waals surface area contributed by atoms with Gasteiger partial charge in [-0.1, -0.05) is 6.07 Å². The van der Waals surface area contributed by atoms with Crippen LogP contribution in [-0.2, 0) is 22.1 Å². The van der Waals surface area contributed by atoms with Gasteiger partial charge in [0.2, 0.25) is 0 Å². The van der Waals surface area contributed by atoms with Crippen molar-refractivity contribution in [3.63, 3.8) is 0 Å². The number of benzene rings is 2. The number of aromatic nitrogens is 2. The first-order valence-electron chi connectivity index (χ1n) is 13.6. The fourth-order valence-electron chi connectivity index (χ4n) is 5.07. The minimum atomic E-state index is -1.29. The summed E-state index contributed by atoms with van der Waals surface area (Å²) < 4.78 is 32.5. The van der Waals surface area contributed by atoms with Crippen LogP contribution in [0.25, 0.3) is 11.3 Å². The van der Waals surface area contributed by atoms with Crippen molar-refractivity contribution >= 4 is 11.0 Å². The average Bonchev–Trinajstić information content (AvgIpc) is 3.49. The monoisotopic (exact) mass is 579 g/mol. The molecule has 0 aliphatic carbocycles. The van der Waals surface area contributed by atoms with Gasteiger partial charge in [0.05, 0.1) is 36.5 Å². The molecule has 3 aromatic rings. The predicted octanol–water partition coefficient (Wildman–Crippen LogP) is 3.01. The van der Waals surface area contributed by atoms with Crippen molar-refractivity contribution < 1.29 is 23.9 Å². The van der Waals surface area contributed by atoms with E-state index in [-0.39, 0.29) is 11.6 Å². The lowest BCUT2D eigenvalue weighted by atomic mass is 10.1. The first kappa shape index (κ1) is 30.6. The van der Waals surface area contributed by atoms with E-state index in [1.165, 1.54) is 0 Å². The molecule has 2 atom stereocenters. The van der Waals surface area contributed by atoms with Gasteiger partial charge in [-0.3, -0.25) is 0 Å². The lowest BCUT2D eigenvalue weighted by Crippen LogP contribution is -2.32. The predicted molar refractivity (Wildman–Crippen MR) is 156 cm³/mol. The molecule has 11 heteroatoms. The number of ether oxygens (including phenoxy) is 3. The second kappa shape index (κ2) is 14.0. The van der Waals surface area contributed by atoms with Gasteiger partial charge in [-0.2, -0.15) is 5.26 Å². The number of likely N-dealkylation sites (N-methyl/N-ethyl adjacent to an activating group) is 1. The zero-order valence-electron chi connectivity index (χ0n) is 23.7. The summed E-state index contributed by atoms with van der Waals surface area (Å²) in [7, 11) is 4.43. The van der Waals surface area contributed by atoms with Crippen molar-refractivity contribution in [3.05, 3.63) is 65.6 Å². The third kappa shape index (κ3) is 7.28. The Bertz CT molecular complexity index is 1410. The van der Waals surface area contributed by atoms with Crippen LogP contribution in [-0.4, -0.2) is 88.5 Å². The maximum Gasteiger partial charge on any atom is 0.137 e. The summed E-state index contributed by atoms with van der Waals surface area (Å²) >= 11 is 0. The maximum absolute atomic E-state index is 13.3. The summed E-state index contributed by atoms with van der Waals surface area (Å²) in [6.45, 7) is 2.91. The van der Waals surface area contributed by atoms with Crippen molar-refractivity contribution in [2.45, 2.75) is 42.7 Å². The molecule has 10 nitrogen and oxygen atoms in total. The van der Waals surface area contributed by atoms with Crippen molar-refractivity contribution in [1.82, 2.24) is 19.2 Å². The molecule has 2 saturated heterocycles. The molecule has 2 aromatic carbocycles. The van der Waals surface area contributed by atoms with Crippen LogP contribution in [0.1, 0.15) is 36.2 Å². The van der Waals surface area contributed by atoms with E-state index < -0.39 is 11.0 Å². The second-order valence-electron chi connectivity index (χ2n) is 10.3. The summed E-state index contributed by atoms with van der Waals surface area (Å²) in [6, 6.07) is 15.8. The van der Waals surface area contributed by atoms with Crippen LogP contribution in [0.2, 0.25) is 0 Å². The minimum Gasteiger partial charge on any atom is -0.495 e. The van der Waals surface area contributed by atoms with Gasteiger partial charge < -0.3 is 24.6 Å². The molecule has 2 unspecified atom stereocenters. The van der Waals surface area contributed by atoms with Gasteiger partial charge in [0.1, 0.15) is 40.5 Å². The van der Waals surface area contributed by atoms with Gasteiger partial charge in [0, 0.05) is 50.2 Å². The molecular formula is C30H37N5O5S. The van der Waals surface area contributed by atoms with Gasteiger partial charge in [0.15, 0.2) is 0 Å². The Hall–Kier alpha value is -3.40. The standard InChI is InChI=1S/C30H35N5O4S.H2O/c1-34(2)24-9-13-35(20-24)40(36)29-7-4-21(16-28(29)37-3)17-30-32-12-8-26(33-30)22-5-6-27(23(18-22)19-31)39-25-10-14-38-15-11-25;/h4-8,12,16,18,24-25H,9-11,13-15,17,20H2,1-3H3;1H2. The Morgan fingerprint density at radius 1 is 1.12 bits per heavy atom. The summed E-state index contributed by atoms with van der Waals surface area (Å²) in [5.41, 5.74) is 2.99. The van der Waals surface area contributed by atoms with E-state index in [4.69, 9.17) is 19.2 Å². The Morgan fingerprint density at radius 2 is 1.93 bits per heavy atom. The summed E-state index contributed by atoms with van der Waals surface area (Å²) in [4.78, 5) is 12.1. The number of hydrogen-bond donors (Lipinski definition) is 0. The molecule has 2 N–H and O–H groups in total. The summed E-state index contributed by atoms with van der Waals surface area (Å²) in [5.74, 6) is 1.82. The molecule has 0 bridgehead atoms. The Morgan fingerprint density at radius 3 is 2.63 bits per heavy atom. The second-order valence-corrected chi connectivity index (χ2v) is 11.8. The van der Waals surface area contributed by atoms with E-state index in [0.717, 1.165) is 49.2 Å². The SMILES string of the molecule is COc1cc(Cc2nccc(-c3ccc(OC4CCOCC4)c(C#N)c3)n2)ccc1S(=O)N1CCC(N(C)C)C1.O. The van der Waals surface area contributed by atoms with E-state index in [9.17, 15) is 9.47 Å². The number of hydrogen-bond acceptors (Lipinski definition) is 8. The van der Waals surface area contributed by atoms with Gasteiger partial charge in [-0.05, 0) is 62.5 Å². The van der Waals surface area contributed by atoms with Gasteiger partial charge >= 0.3 is 0 Å². The Balaban J connectivity index is 0.00000387. The first-order chi connectivity index (χ1) is 19.4. The number of nitriles is 1. The normalized spacial score (nSPS) is 18.5. The zero-order valence-corrected chi connectivity index (χ0v) is 24.5. The van der Waals surface area contributed by atoms with Gasteiger partial charge in [-0.25, -0.2) is 18.5 Å². The van der Waals surface area contributed by atoms with Gasteiger partial charge in [-0.15, -0.1) is 0 Å². The number of rotatable bonds is 9. The van der Waals surface area contributed by atoms with Crippen LogP contribution in [0, 0.1) is 11.3 Å². The molecule has 0 saturated carbocycles. The average molecular weight is 580 g/mol. The molecular weight excluding hydrogens is 542 g/mol. The van der Waals surface area contributed by atoms with Crippen LogP contribution in [0.15, 0.2) is 53.6 Å². The smallest absolute Gasteiger partial charge is 0.137 e. The van der Waals surface area contributed by atoms with Crippen molar-refractivity contribution in [3.8, 4) is 28.8 Å². The summed E-state index contributed by atoms with van der Waals surface area (Å²) in [6.07, 6.45) is 4.90. The zero-order chi connectivity index (χ0) is 28.1. The summed E-state index contributed by atoms with van der Waals surface area (Å²) in [5, 5.41) is 9.76. The van der Waals surface area contributed by atoms with Crippen LogP contribution in [0.4, 0.5) is 0 Å². The highest BCUT2D eigenvalue weighted by Crippen LogP contribution is 2.30. The quantitative estimate of drug-likeness (QED) is 0.378. The molecule has 5 rings (SSSR count). The first-order valence-corrected chi connectivity index (χ1v) is 14.7. The fourth-order valence-corrected chi connectivity index (χ4v) is 6.42. The molecule has 2 fully saturated rings. The highest BCUT2D eigenvalue weighted by Gasteiger charge is 2.29. The van der Waals surface area contributed by atoms with Crippen LogP contribution in [0.5, 0.6) is 11.5 Å². The van der Waals surface area contributed by atoms with E-state index in [0.29, 0.717) is 53.5 Å². The third-order valence-electron chi connectivity index (χ3n) is 7.43. The topological polar surface area (TPSA) is 132 Å². The van der Waals surface area contributed by atoms with Crippen molar-refractivity contribution in [2.24, 2.45) is 0 Å². The third-order valence-corrected chi connectivity index (χ3v) is 8.95. The Kier molecular flexibility index (Phi) is 10.4. The molecule has 2 aliphatic heterocycles. The molecule has 218 valence electrons. The fraction of sp³-hybridized carbons (Fsp3) is 0.433. The Labute approximate surface area is 243 Å². The number of methoxy groups -OCH3 is 1. The van der Waals surface area contributed by atoms with E-state index in [2.05, 4.69) is 30.0 Å². The van der Waals surface area contributed by atoms with Crippen LogP contribution < -0.4 is 9.47 Å². The van der Waals surface area contributed by atoms with Crippen molar-refractivity contribution in [2.75, 3.05) is 47.5 Å². The highest BCUT2D eigenvalue weighted by molar-refractivity contribution is 7.82. The van der Waals surface area contributed by atoms with Crippen LogP contribution >= 0.6 is 0 Å². The minimum absolute atomic E-state index is 0. The van der Waals surface area contributed by atoms with E-state index in [1.54, 1.807) is 13.3 Å². The van der Waals surface area contributed by atoms with Gasteiger partial charge in [0.25, 0.3) is 0 Å². The maximum atomic E-state index is 13.3. The molecule has 0 spiro atoms. The van der Waals surface area contributed by atoms with E-state index in [1.807, 2.05) is 46.8 Å². The lowest BCUT2D eigenvalue weighted by Gasteiger charge is -2.23. The molecule has 41 heavy (non-hydrogen) atoms. The largest absolute Gasteiger partial charge is 0.495 e. The van der Waals surface area contributed by atoms with Crippen LogP contribution in [0.3, 0.4) is 0 Å². The molecule has 3 heterocycles. The number of nitrogens with zero attached hydrogens (tertiary/aromatic N) is 5. The molecule has 0 radical (unpaired) electrons. The molecule has 2 aliphatic rings. The molecule has 1 aromatic heterocycles. The van der Waals surface area contributed by atoms with E-state index >= 15 is 0 Å². The van der Waals surface area contributed by atoms with Crippen molar-refractivity contribution in [1.29, 1.82) is 5.26 Å². The molecule has 0 amide bonds.